The standard InChI is InChI=1S/C27H22N/c1-19-13-14-21(18-26(19)27-12-5-6-17-28(27)2)23-10-7-11-24-22-9-4-3-8-20(22)15-16-25(23)24/h3-18H,1-2H3/q+1. The number of fused-ring (bicyclic) bond motifs is 3. The second kappa shape index (κ2) is 6.61. The van der Waals surface area contributed by atoms with Crippen LogP contribution in [0.3, 0.4) is 0 Å². The molecule has 0 saturated carbocycles. The molecule has 0 bridgehead atoms. The van der Waals surface area contributed by atoms with Crippen LogP contribution >= 0.6 is 0 Å². The van der Waals surface area contributed by atoms with Gasteiger partial charge in [-0.05, 0) is 57.3 Å². The summed E-state index contributed by atoms with van der Waals surface area (Å²) in [6.45, 7) is 2.18. The van der Waals surface area contributed by atoms with Gasteiger partial charge in [-0.1, -0.05) is 66.7 Å². The number of aromatic nitrogens is 1. The van der Waals surface area contributed by atoms with Gasteiger partial charge < -0.3 is 0 Å². The van der Waals surface area contributed by atoms with Gasteiger partial charge in [-0.15, -0.1) is 0 Å². The predicted octanol–water partition coefficient (Wildman–Crippen LogP) is 6.46. The van der Waals surface area contributed by atoms with Crippen LogP contribution in [-0.2, 0) is 7.05 Å². The molecule has 0 aliphatic carbocycles. The Bertz CT molecular complexity index is 1330. The molecule has 5 rings (SSSR count). The van der Waals surface area contributed by atoms with Crippen molar-refractivity contribution in [3.63, 3.8) is 0 Å². The van der Waals surface area contributed by atoms with Crippen molar-refractivity contribution in [3.8, 4) is 22.4 Å². The van der Waals surface area contributed by atoms with E-state index in [4.69, 9.17) is 0 Å². The van der Waals surface area contributed by atoms with Gasteiger partial charge in [0.05, 0.1) is 0 Å². The Morgan fingerprint density at radius 2 is 1.43 bits per heavy atom. The molecule has 0 aliphatic heterocycles. The monoisotopic (exact) mass is 360 g/mol. The Hall–Kier alpha value is -3.45. The lowest BCUT2D eigenvalue weighted by Gasteiger charge is -2.12. The molecule has 5 aromatic rings. The van der Waals surface area contributed by atoms with Crippen LogP contribution in [0.5, 0.6) is 0 Å². The minimum Gasteiger partial charge on any atom is -0.201 e. The van der Waals surface area contributed by atoms with Gasteiger partial charge in [-0.3, -0.25) is 0 Å². The zero-order valence-corrected chi connectivity index (χ0v) is 16.2. The number of hydrogen-bond acceptors (Lipinski definition) is 0. The van der Waals surface area contributed by atoms with E-state index in [-0.39, 0.29) is 0 Å². The molecule has 1 heteroatoms. The van der Waals surface area contributed by atoms with Gasteiger partial charge in [-0.2, -0.15) is 0 Å². The fraction of sp³-hybridized carbons (Fsp3) is 0.0741. The molecule has 4 aromatic carbocycles. The van der Waals surface area contributed by atoms with Gasteiger partial charge in [0.15, 0.2) is 6.20 Å². The van der Waals surface area contributed by atoms with Crippen molar-refractivity contribution in [3.05, 3.63) is 103 Å². The summed E-state index contributed by atoms with van der Waals surface area (Å²) in [5.41, 5.74) is 6.33. The first-order valence-electron chi connectivity index (χ1n) is 9.69. The zero-order valence-electron chi connectivity index (χ0n) is 16.2. The second-order valence-corrected chi connectivity index (χ2v) is 7.41. The summed E-state index contributed by atoms with van der Waals surface area (Å²) in [7, 11) is 2.10. The fourth-order valence-corrected chi connectivity index (χ4v) is 4.16. The molecule has 0 fully saturated rings. The lowest BCUT2D eigenvalue weighted by Crippen LogP contribution is -2.30. The van der Waals surface area contributed by atoms with Crippen molar-refractivity contribution in [2.45, 2.75) is 6.92 Å². The highest BCUT2D eigenvalue weighted by Gasteiger charge is 2.14. The van der Waals surface area contributed by atoms with Gasteiger partial charge in [0.25, 0.3) is 0 Å². The maximum Gasteiger partial charge on any atom is 0.212 e. The third-order valence-corrected chi connectivity index (χ3v) is 5.67. The van der Waals surface area contributed by atoms with Crippen LogP contribution in [0.2, 0.25) is 0 Å². The smallest absolute Gasteiger partial charge is 0.201 e. The van der Waals surface area contributed by atoms with E-state index < -0.39 is 0 Å². The van der Waals surface area contributed by atoms with Crippen molar-refractivity contribution < 1.29 is 4.57 Å². The summed E-state index contributed by atoms with van der Waals surface area (Å²) in [4.78, 5) is 0. The van der Waals surface area contributed by atoms with Crippen LogP contribution in [0.25, 0.3) is 43.9 Å². The Balaban J connectivity index is 1.76. The zero-order chi connectivity index (χ0) is 19.1. The number of pyridine rings is 1. The van der Waals surface area contributed by atoms with E-state index in [0.717, 1.165) is 0 Å². The summed E-state index contributed by atoms with van der Waals surface area (Å²) < 4.78 is 2.18. The van der Waals surface area contributed by atoms with Crippen LogP contribution in [-0.4, -0.2) is 0 Å². The number of benzene rings is 4. The average molecular weight is 360 g/mol. The maximum atomic E-state index is 2.33. The van der Waals surface area contributed by atoms with Gasteiger partial charge in [0.1, 0.15) is 7.05 Å². The molecule has 1 nitrogen and oxygen atoms in total. The third kappa shape index (κ3) is 2.68. The van der Waals surface area contributed by atoms with Gasteiger partial charge in [0.2, 0.25) is 5.69 Å². The van der Waals surface area contributed by atoms with Crippen LogP contribution in [0.4, 0.5) is 0 Å². The van der Waals surface area contributed by atoms with Crippen molar-refractivity contribution in [1.29, 1.82) is 0 Å². The summed E-state index contributed by atoms with van der Waals surface area (Å²) in [6.07, 6.45) is 2.10. The van der Waals surface area contributed by atoms with Crippen molar-refractivity contribution >= 4 is 21.5 Å². The number of nitrogens with zero attached hydrogens (tertiary/aromatic N) is 1. The number of aryl methyl sites for hydroxylation is 2. The van der Waals surface area contributed by atoms with E-state index in [9.17, 15) is 0 Å². The second-order valence-electron chi connectivity index (χ2n) is 7.41. The minimum atomic E-state index is 1.23. The highest BCUT2D eigenvalue weighted by atomic mass is 14.9. The van der Waals surface area contributed by atoms with E-state index in [2.05, 4.69) is 116 Å². The summed E-state index contributed by atoms with van der Waals surface area (Å²) in [5.74, 6) is 0. The number of rotatable bonds is 2. The Morgan fingerprint density at radius 3 is 2.32 bits per heavy atom. The van der Waals surface area contributed by atoms with E-state index in [0.29, 0.717) is 0 Å². The van der Waals surface area contributed by atoms with Crippen LogP contribution < -0.4 is 4.57 Å². The topological polar surface area (TPSA) is 3.88 Å². The SMILES string of the molecule is Cc1ccc(-c2cccc3c2ccc2ccccc23)cc1-c1cccc[n+]1C. The van der Waals surface area contributed by atoms with Gasteiger partial charge >= 0.3 is 0 Å². The molecule has 0 amide bonds. The molecule has 0 unspecified atom stereocenters. The predicted molar refractivity (Wildman–Crippen MR) is 118 cm³/mol. The molecule has 1 aromatic heterocycles. The fourth-order valence-electron chi connectivity index (χ4n) is 4.16. The Labute approximate surface area is 165 Å². The molecule has 0 saturated heterocycles. The van der Waals surface area contributed by atoms with E-state index in [1.807, 2.05) is 0 Å². The van der Waals surface area contributed by atoms with Crippen molar-refractivity contribution in [1.82, 2.24) is 0 Å². The lowest BCUT2D eigenvalue weighted by molar-refractivity contribution is -0.660. The maximum absolute atomic E-state index is 2.33. The molecule has 0 spiro atoms. The largest absolute Gasteiger partial charge is 0.212 e. The normalized spacial score (nSPS) is 11.2. The van der Waals surface area contributed by atoms with Crippen molar-refractivity contribution in [2.75, 3.05) is 0 Å². The van der Waals surface area contributed by atoms with E-state index in [1.165, 1.54) is 49.5 Å². The highest BCUT2D eigenvalue weighted by Crippen LogP contribution is 2.35. The molecule has 0 N–H and O–H groups in total. The molecule has 0 aliphatic rings. The van der Waals surface area contributed by atoms with Crippen LogP contribution in [0, 0.1) is 6.92 Å². The first-order chi connectivity index (χ1) is 13.7. The highest BCUT2D eigenvalue weighted by molar-refractivity contribution is 6.12. The third-order valence-electron chi connectivity index (χ3n) is 5.67. The van der Waals surface area contributed by atoms with Crippen molar-refractivity contribution in [2.24, 2.45) is 7.05 Å². The molecule has 1 heterocycles. The molecular formula is C27H22N+. The molecule has 28 heavy (non-hydrogen) atoms. The minimum absolute atomic E-state index is 1.23. The van der Waals surface area contributed by atoms with Crippen LogP contribution in [0.15, 0.2) is 97.2 Å². The summed E-state index contributed by atoms with van der Waals surface area (Å²) in [6, 6.07) is 32.9. The first-order valence-corrected chi connectivity index (χ1v) is 9.69. The van der Waals surface area contributed by atoms with E-state index in [1.54, 1.807) is 0 Å². The Morgan fingerprint density at radius 1 is 0.607 bits per heavy atom. The quantitative estimate of drug-likeness (QED) is 0.251. The van der Waals surface area contributed by atoms with Crippen LogP contribution in [0.1, 0.15) is 5.56 Å². The Kier molecular flexibility index (Phi) is 3.95. The molecule has 0 atom stereocenters. The van der Waals surface area contributed by atoms with Gasteiger partial charge in [-0.25, -0.2) is 4.57 Å². The van der Waals surface area contributed by atoms with Gasteiger partial charge in [0, 0.05) is 17.7 Å². The first kappa shape index (κ1) is 16.7. The summed E-state index contributed by atoms with van der Waals surface area (Å²) in [5, 5.41) is 5.20. The summed E-state index contributed by atoms with van der Waals surface area (Å²) >= 11 is 0. The number of hydrogen-bond donors (Lipinski definition) is 0. The molecule has 0 radical (unpaired) electrons. The lowest BCUT2D eigenvalue weighted by atomic mass is 9.92. The molecular weight excluding hydrogens is 338 g/mol. The molecule has 134 valence electrons. The average Bonchev–Trinajstić information content (AvgIpc) is 2.74. The van der Waals surface area contributed by atoms with E-state index >= 15 is 0 Å².